The second-order valence-electron chi connectivity index (χ2n) is 4.73. The fourth-order valence-corrected chi connectivity index (χ4v) is 2.62. The predicted molar refractivity (Wildman–Crippen MR) is 79.6 cm³/mol. The molecule has 0 radical (unpaired) electrons. The molecule has 0 bridgehead atoms. The van der Waals surface area contributed by atoms with E-state index in [1.54, 1.807) is 6.07 Å². The quantitative estimate of drug-likeness (QED) is 0.855. The Balaban J connectivity index is 2.39. The summed E-state index contributed by atoms with van der Waals surface area (Å²) in [4.78, 5) is 24.7. The second-order valence-corrected chi connectivity index (χ2v) is 4.73. The molecule has 7 heteroatoms. The fourth-order valence-electron chi connectivity index (χ4n) is 2.62. The Hall–Kier alpha value is -2.96. The molecule has 3 rings (SSSR count). The zero-order chi connectivity index (χ0) is 16.7. The summed E-state index contributed by atoms with van der Waals surface area (Å²) < 4.78 is 26.4. The molecule has 0 atom stereocenters. The van der Waals surface area contributed by atoms with E-state index >= 15 is 0 Å². The van der Waals surface area contributed by atoms with Crippen molar-refractivity contribution in [3.05, 3.63) is 29.2 Å². The van der Waals surface area contributed by atoms with Crippen LogP contribution in [0.25, 0.3) is 11.0 Å². The van der Waals surface area contributed by atoms with E-state index < -0.39 is 5.78 Å². The Morgan fingerprint density at radius 2 is 1.61 bits per heavy atom. The number of Topliss-reactive ketones (excluding diaryl/α,β-unsaturated/α-hetero) is 1. The topological polar surface area (TPSA) is 84.2 Å². The maximum absolute atomic E-state index is 12.3. The standard InChI is InChI=1S/C16H14O7/c1-19-9-6-8(17)11-7-5-10(20-2)14(21-3)16(22-4)13(7)23-15(11)12(9)18/h5-6H,1-4H3. The molecule has 0 aliphatic heterocycles. The predicted octanol–water partition coefficient (Wildman–Crippen LogP) is 2.37. The van der Waals surface area contributed by atoms with Crippen molar-refractivity contribution in [3.63, 3.8) is 0 Å². The number of methoxy groups -OCH3 is 4. The van der Waals surface area contributed by atoms with Gasteiger partial charge in [-0.2, -0.15) is 0 Å². The van der Waals surface area contributed by atoms with Crippen LogP contribution in [0, 0.1) is 0 Å². The SMILES string of the molecule is COC1=CC(=O)c2c(oc3c(OC)c(OC)c(OC)cc23)C1=O. The van der Waals surface area contributed by atoms with Gasteiger partial charge in [0, 0.05) is 11.5 Å². The van der Waals surface area contributed by atoms with Gasteiger partial charge < -0.3 is 23.4 Å². The number of fused-ring (bicyclic) bond motifs is 3. The molecule has 0 fully saturated rings. The van der Waals surface area contributed by atoms with Gasteiger partial charge in [-0.25, -0.2) is 0 Å². The lowest BCUT2D eigenvalue weighted by Gasteiger charge is -2.12. The molecule has 0 N–H and O–H groups in total. The molecule has 0 unspecified atom stereocenters. The van der Waals surface area contributed by atoms with Crippen molar-refractivity contribution >= 4 is 22.5 Å². The van der Waals surface area contributed by atoms with Gasteiger partial charge in [-0.15, -0.1) is 0 Å². The average molecular weight is 318 g/mol. The minimum Gasteiger partial charge on any atom is -0.493 e. The summed E-state index contributed by atoms with van der Waals surface area (Å²) in [6, 6.07) is 1.58. The van der Waals surface area contributed by atoms with Gasteiger partial charge in [0.1, 0.15) is 0 Å². The highest BCUT2D eigenvalue weighted by molar-refractivity contribution is 6.27. The Bertz CT molecular complexity index is 857. The van der Waals surface area contributed by atoms with Gasteiger partial charge in [0.05, 0.1) is 34.0 Å². The van der Waals surface area contributed by atoms with Crippen molar-refractivity contribution in [1.29, 1.82) is 0 Å². The number of hydrogen-bond donors (Lipinski definition) is 0. The average Bonchev–Trinajstić information content (AvgIpc) is 2.95. The molecule has 1 aliphatic carbocycles. The Morgan fingerprint density at radius 1 is 0.913 bits per heavy atom. The Morgan fingerprint density at radius 3 is 2.17 bits per heavy atom. The van der Waals surface area contributed by atoms with Gasteiger partial charge in [0.2, 0.25) is 11.5 Å². The lowest BCUT2D eigenvalue weighted by Crippen LogP contribution is -2.16. The molecule has 2 aromatic rings. The highest BCUT2D eigenvalue weighted by atomic mass is 16.5. The molecule has 0 spiro atoms. The van der Waals surface area contributed by atoms with Crippen molar-refractivity contribution in [2.45, 2.75) is 0 Å². The van der Waals surface area contributed by atoms with Gasteiger partial charge in [-0.1, -0.05) is 0 Å². The maximum atomic E-state index is 12.3. The Kier molecular flexibility index (Phi) is 3.48. The van der Waals surface area contributed by atoms with Crippen molar-refractivity contribution in [1.82, 2.24) is 0 Å². The molecule has 1 aromatic carbocycles. The number of carbonyl (C=O) groups excluding carboxylic acids is 2. The van der Waals surface area contributed by atoms with Gasteiger partial charge in [-0.3, -0.25) is 9.59 Å². The minimum atomic E-state index is -0.502. The number of benzene rings is 1. The molecular weight excluding hydrogens is 304 g/mol. The first-order valence-electron chi connectivity index (χ1n) is 6.67. The van der Waals surface area contributed by atoms with E-state index in [0.717, 1.165) is 6.08 Å². The van der Waals surface area contributed by atoms with Crippen LogP contribution in [0.4, 0.5) is 0 Å². The first kappa shape index (κ1) is 15.0. The van der Waals surface area contributed by atoms with Crippen molar-refractivity contribution in [2.24, 2.45) is 0 Å². The number of ether oxygens (including phenoxy) is 4. The van der Waals surface area contributed by atoms with Gasteiger partial charge in [0.15, 0.2) is 28.6 Å². The van der Waals surface area contributed by atoms with Crippen molar-refractivity contribution < 1.29 is 33.0 Å². The summed E-state index contributed by atoms with van der Waals surface area (Å²) in [5.74, 6) is -0.119. The van der Waals surface area contributed by atoms with Crippen LogP contribution in [0.1, 0.15) is 20.9 Å². The number of allylic oxidation sites excluding steroid dienone is 2. The molecule has 0 amide bonds. The summed E-state index contributed by atoms with van der Waals surface area (Å²) in [6.07, 6.45) is 1.14. The molecular formula is C16H14O7. The van der Waals surface area contributed by atoms with Crippen LogP contribution < -0.4 is 14.2 Å². The van der Waals surface area contributed by atoms with Crippen LogP contribution in [0.5, 0.6) is 17.2 Å². The van der Waals surface area contributed by atoms with Crippen LogP contribution in [-0.4, -0.2) is 40.0 Å². The lowest BCUT2D eigenvalue weighted by atomic mass is 9.97. The molecule has 0 saturated heterocycles. The van der Waals surface area contributed by atoms with E-state index in [9.17, 15) is 9.59 Å². The maximum Gasteiger partial charge on any atom is 0.263 e. The van der Waals surface area contributed by atoms with Crippen molar-refractivity contribution in [2.75, 3.05) is 28.4 Å². The normalized spacial score (nSPS) is 13.7. The van der Waals surface area contributed by atoms with E-state index in [1.807, 2.05) is 0 Å². The number of rotatable bonds is 4. The summed E-state index contributed by atoms with van der Waals surface area (Å²) in [5.41, 5.74) is 0.396. The largest absolute Gasteiger partial charge is 0.493 e. The molecule has 7 nitrogen and oxygen atoms in total. The summed E-state index contributed by atoms with van der Waals surface area (Å²) in [6.45, 7) is 0. The van der Waals surface area contributed by atoms with Gasteiger partial charge >= 0.3 is 0 Å². The van der Waals surface area contributed by atoms with E-state index in [-0.39, 0.29) is 34.2 Å². The van der Waals surface area contributed by atoms with Crippen LogP contribution >= 0.6 is 0 Å². The molecule has 1 heterocycles. The molecule has 120 valence electrons. The zero-order valence-corrected chi connectivity index (χ0v) is 13.0. The molecule has 1 aliphatic rings. The summed E-state index contributed by atoms with van der Waals surface area (Å²) in [5, 5.41) is 0.416. The molecule has 23 heavy (non-hydrogen) atoms. The Labute approximate surface area is 131 Å². The van der Waals surface area contributed by atoms with Gasteiger partial charge in [0.25, 0.3) is 5.78 Å². The zero-order valence-electron chi connectivity index (χ0n) is 13.0. The van der Waals surface area contributed by atoms with Gasteiger partial charge in [-0.05, 0) is 6.07 Å². The number of furan rings is 1. The van der Waals surface area contributed by atoms with Crippen LogP contribution in [-0.2, 0) is 4.74 Å². The first-order valence-corrected chi connectivity index (χ1v) is 6.67. The number of carbonyl (C=O) groups is 2. The number of hydrogen-bond acceptors (Lipinski definition) is 7. The minimum absolute atomic E-state index is 0.0700. The third kappa shape index (κ3) is 1.97. The van der Waals surface area contributed by atoms with E-state index in [0.29, 0.717) is 16.9 Å². The fraction of sp³-hybridized carbons (Fsp3) is 0.250. The van der Waals surface area contributed by atoms with E-state index in [2.05, 4.69) is 0 Å². The van der Waals surface area contributed by atoms with E-state index in [4.69, 9.17) is 23.4 Å². The van der Waals surface area contributed by atoms with Crippen LogP contribution in [0.3, 0.4) is 0 Å². The van der Waals surface area contributed by atoms with Crippen LogP contribution in [0.15, 0.2) is 22.3 Å². The first-order chi connectivity index (χ1) is 11.1. The highest BCUT2D eigenvalue weighted by Crippen LogP contribution is 2.46. The third-order valence-corrected chi connectivity index (χ3v) is 3.64. The summed E-state index contributed by atoms with van der Waals surface area (Å²) >= 11 is 0. The number of ketones is 2. The van der Waals surface area contributed by atoms with Crippen LogP contribution in [0.2, 0.25) is 0 Å². The lowest BCUT2D eigenvalue weighted by molar-refractivity contribution is 0.0893. The molecule has 0 saturated carbocycles. The second kappa shape index (κ2) is 5.35. The smallest absolute Gasteiger partial charge is 0.263 e. The molecule has 1 aromatic heterocycles. The highest BCUT2D eigenvalue weighted by Gasteiger charge is 2.35. The van der Waals surface area contributed by atoms with Crippen molar-refractivity contribution in [3.8, 4) is 17.2 Å². The monoisotopic (exact) mass is 318 g/mol. The van der Waals surface area contributed by atoms with E-state index in [1.165, 1.54) is 28.4 Å². The third-order valence-electron chi connectivity index (χ3n) is 3.64. The summed E-state index contributed by atoms with van der Waals surface area (Å²) in [7, 11) is 5.67.